The van der Waals surface area contributed by atoms with E-state index in [0.29, 0.717) is 25.9 Å². The molecule has 4 nitrogen and oxygen atoms in total. The van der Waals surface area contributed by atoms with Gasteiger partial charge in [0.25, 0.3) is 0 Å². The van der Waals surface area contributed by atoms with E-state index in [1.807, 2.05) is 48.5 Å². The molecule has 0 spiro atoms. The summed E-state index contributed by atoms with van der Waals surface area (Å²) in [7, 11) is 0.129. The van der Waals surface area contributed by atoms with Gasteiger partial charge in [-0.1, -0.05) is 24.3 Å². The molecular formula is C24H31BF2N2O2. The van der Waals surface area contributed by atoms with Crippen LogP contribution in [0.5, 0.6) is 11.5 Å². The maximum Gasteiger partial charge on any atom is 0.576 e. The summed E-state index contributed by atoms with van der Waals surface area (Å²) in [6.07, 6.45) is 1.83. The van der Waals surface area contributed by atoms with Crippen LogP contribution in [0.3, 0.4) is 0 Å². The first kappa shape index (κ1) is 22.1. The van der Waals surface area contributed by atoms with Gasteiger partial charge in [-0.3, -0.25) is 9.80 Å². The molecule has 2 aliphatic rings. The third kappa shape index (κ3) is 6.94. The number of halogens is 2. The Hall–Kier alpha value is -2.12. The molecule has 31 heavy (non-hydrogen) atoms. The standard InChI is InChI=1S/C24H31BF2N2O2/c26-21-3-1-13-28(17-21)15-19-5-9-23(10-6-19)30-25-31-24-11-7-20(8-12-24)16-29-14-2-4-22(27)18-29/h5-12,21-22,25H,1-4,13-18H2. The molecule has 0 N–H and O–H groups in total. The van der Waals surface area contributed by atoms with Crippen molar-refractivity contribution in [3.05, 3.63) is 59.7 Å². The lowest BCUT2D eigenvalue weighted by atomic mass is 10.1. The van der Waals surface area contributed by atoms with E-state index in [9.17, 15) is 8.78 Å². The smallest absolute Gasteiger partial charge is 0.529 e. The quantitative estimate of drug-likeness (QED) is 0.587. The predicted octanol–water partition coefficient (Wildman–Crippen LogP) is 4.28. The minimum Gasteiger partial charge on any atom is -0.529 e. The molecule has 2 heterocycles. The third-order valence-corrected chi connectivity index (χ3v) is 6.01. The minimum absolute atomic E-state index is 0.129. The topological polar surface area (TPSA) is 24.9 Å². The molecule has 2 saturated heterocycles. The van der Waals surface area contributed by atoms with Crippen molar-refractivity contribution in [2.24, 2.45) is 0 Å². The van der Waals surface area contributed by atoms with Gasteiger partial charge in [0, 0.05) is 26.2 Å². The normalized spacial score (nSPS) is 22.8. The van der Waals surface area contributed by atoms with E-state index in [1.54, 1.807) is 0 Å². The van der Waals surface area contributed by atoms with Crippen molar-refractivity contribution in [3.8, 4) is 11.5 Å². The number of alkyl halides is 2. The van der Waals surface area contributed by atoms with Crippen molar-refractivity contribution in [3.63, 3.8) is 0 Å². The van der Waals surface area contributed by atoms with Crippen LogP contribution in [-0.2, 0) is 13.1 Å². The van der Waals surface area contributed by atoms with E-state index < -0.39 is 12.3 Å². The van der Waals surface area contributed by atoms with Crippen LogP contribution >= 0.6 is 0 Å². The van der Waals surface area contributed by atoms with E-state index in [2.05, 4.69) is 9.80 Å². The zero-order chi connectivity index (χ0) is 21.5. The second-order valence-corrected chi connectivity index (χ2v) is 8.64. The molecule has 2 atom stereocenters. The molecule has 166 valence electrons. The fourth-order valence-electron chi connectivity index (χ4n) is 4.35. The molecule has 2 fully saturated rings. The molecule has 2 unspecified atom stereocenters. The van der Waals surface area contributed by atoms with Gasteiger partial charge in [0.15, 0.2) is 0 Å². The van der Waals surface area contributed by atoms with Gasteiger partial charge in [0.1, 0.15) is 23.8 Å². The number of likely N-dealkylation sites (tertiary alicyclic amines) is 2. The first-order valence-corrected chi connectivity index (χ1v) is 11.3. The largest absolute Gasteiger partial charge is 0.576 e. The zero-order valence-electron chi connectivity index (χ0n) is 18.0. The highest BCUT2D eigenvalue weighted by atomic mass is 19.1. The first-order chi connectivity index (χ1) is 15.1. The summed E-state index contributed by atoms with van der Waals surface area (Å²) in [6.45, 7) is 4.51. The highest BCUT2D eigenvalue weighted by Crippen LogP contribution is 2.20. The number of benzene rings is 2. The average Bonchev–Trinajstić information content (AvgIpc) is 2.76. The lowest BCUT2D eigenvalue weighted by molar-refractivity contribution is 0.133. The van der Waals surface area contributed by atoms with Gasteiger partial charge >= 0.3 is 7.69 Å². The predicted molar refractivity (Wildman–Crippen MR) is 120 cm³/mol. The SMILES string of the molecule is FC1CCCN(Cc2ccc(OBOc3ccc(CN4CCCC(F)C4)cc3)cc2)C1. The van der Waals surface area contributed by atoms with E-state index in [4.69, 9.17) is 9.31 Å². The van der Waals surface area contributed by atoms with Gasteiger partial charge in [0.05, 0.1) is 0 Å². The van der Waals surface area contributed by atoms with Crippen molar-refractivity contribution in [1.82, 2.24) is 9.80 Å². The van der Waals surface area contributed by atoms with Crippen molar-refractivity contribution >= 4 is 7.69 Å². The Morgan fingerprint density at radius 2 is 1.13 bits per heavy atom. The summed E-state index contributed by atoms with van der Waals surface area (Å²) >= 11 is 0. The van der Waals surface area contributed by atoms with Crippen LogP contribution in [-0.4, -0.2) is 56.0 Å². The van der Waals surface area contributed by atoms with Crippen LogP contribution in [0, 0.1) is 0 Å². The molecule has 2 aliphatic heterocycles. The minimum atomic E-state index is -0.699. The zero-order valence-corrected chi connectivity index (χ0v) is 18.0. The molecular weight excluding hydrogens is 397 g/mol. The Morgan fingerprint density at radius 1 is 0.710 bits per heavy atom. The van der Waals surface area contributed by atoms with Crippen molar-refractivity contribution in [1.29, 1.82) is 0 Å². The second-order valence-electron chi connectivity index (χ2n) is 8.64. The van der Waals surface area contributed by atoms with Crippen molar-refractivity contribution in [2.75, 3.05) is 26.2 Å². The van der Waals surface area contributed by atoms with E-state index in [-0.39, 0.29) is 7.69 Å². The van der Waals surface area contributed by atoms with Gasteiger partial charge in [-0.05, 0) is 74.2 Å². The molecule has 0 radical (unpaired) electrons. The fraction of sp³-hybridized carbons (Fsp3) is 0.500. The second kappa shape index (κ2) is 11.0. The van der Waals surface area contributed by atoms with E-state index in [0.717, 1.165) is 61.6 Å². The highest BCUT2D eigenvalue weighted by molar-refractivity contribution is 6.20. The molecule has 0 amide bonds. The number of hydrogen-bond acceptors (Lipinski definition) is 4. The van der Waals surface area contributed by atoms with Gasteiger partial charge in [-0.2, -0.15) is 0 Å². The van der Waals surface area contributed by atoms with Crippen LogP contribution in [0.1, 0.15) is 36.8 Å². The molecule has 2 aromatic rings. The highest BCUT2D eigenvalue weighted by Gasteiger charge is 2.19. The number of rotatable bonds is 8. The summed E-state index contributed by atoms with van der Waals surface area (Å²) in [6, 6.07) is 15.8. The van der Waals surface area contributed by atoms with Gasteiger partial charge in [0.2, 0.25) is 0 Å². The summed E-state index contributed by atoms with van der Waals surface area (Å²) < 4.78 is 38.4. The van der Waals surface area contributed by atoms with E-state index >= 15 is 0 Å². The van der Waals surface area contributed by atoms with Crippen LogP contribution in [0.2, 0.25) is 0 Å². The Morgan fingerprint density at radius 3 is 1.52 bits per heavy atom. The van der Waals surface area contributed by atoms with Crippen LogP contribution in [0.25, 0.3) is 0 Å². The Labute approximate surface area is 184 Å². The van der Waals surface area contributed by atoms with Crippen LogP contribution in [0.15, 0.2) is 48.5 Å². The number of piperidine rings is 2. The average molecular weight is 428 g/mol. The van der Waals surface area contributed by atoms with Gasteiger partial charge in [-0.15, -0.1) is 0 Å². The number of nitrogens with zero attached hydrogens (tertiary/aromatic N) is 2. The molecule has 7 heteroatoms. The van der Waals surface area contributed by atoms with Crippen LogP contribution < -0.4 is 9.31 Å². The summed E-state index contributed by atoms with van der Waals surface area (Å²) in [4.78, 5) is 4.33. The summed E-state index contributed by atoms with van der Waals surface area (Å²) in [5.41, 5.74) is 2.32. The summed E-state index contributed by atoms with van der Waals surface area (Å²) in [5.74, 6) is 1.49. The molecule has 2 aromatic carbocycles. The van der Waals surface area contributed by atoms with Gasteiger partial charge < -0.3 is 9.31 Å². The fourth-order valence-corrected chi connectivity index (χ4v) is 4.35. The van der Waals surface area contributed by atoms with Gasteiger partial charge in [-0.25, -0.2) is 8.78 Å². The Kier molecular flexibility index (Phi) is 7.81. The molecule has 0 saturated carbocycles. The third-order valence-electron chi connectivity index (χ3n) is 6.01. The van der Waals surface area contributed by atoms with Crippen molar-refractivity contribution < 1.29 is 18.1 Å². The Balaban J connectivity index is 1.18. The van der Waals surface area contributed by atoms with Crippen LogP contribution in [0.4, 0.5) is 8.78 Å². The molecule has 4 rings (SSSR count). The van der Waals surface area contributed by atoms with E-state index in [1.165, 1.54) is 0 Å². The molecule has 0 aromatic heterocycles. The number of hydrogen-bond donors (Lipinski definition) is 0. The maximum atomic E-state index is 13.5. The first-order valence-electron chi connectivity index (χ1n) is 11.3. The Bertz CT molecular complexity index is 739. The molecule has 0 aliphatic carbocycles. The lowest BCUT2D eigenvalue weighted by Gasteiger charge is -2.28. The summed E-state index contributed by atoms with van der Waals surface area (Å²) in [5, 5.41) is 0. The monoisotopic (exact) mass is 428 g/mol. The van der Waals surface area contributed by atoms with Crippen molar-refractivity contribution in [2.45, 2.75) is 51.1 Å². The molecule has 0 bridgehead atoms. The lowest BCUT2D eigenvalue weighted by Crippen LogP contribution is -2.35. The maximum absolute atomic E-state index is 13.5.